The molecule has 1 amide bonds. The van der Waals surface area contributed by atoms with Crippen molar-refractivity contribution in [3.63, 3.8) is 0 Å². The predicted octanol–water partition coefficient (Wildman–Crippen LogP) is 5.13. The van der Waals surface area contributed by atoms with Crippen molar-refractivity contribution in [3.8, 4) is 23.0 Å². The van der Waals surface area contributed by atoms with E-state index in [9.17, 15) is 18.0 Å². The molecule has 184 valence electrons. The minimum atomic E-state index is -4.49. The molecule has 1 N–H and O–H groups in total. The minimum Gasteiger partial charge on any atom is -0.480 e. The molecule has 35 heavy (non-hydrogen) atoms. The fraction of sp³-hybridized carbons (Fsp3) is 0.304. The van der Waals surface area contributed by atoms with Crippen LogP contribution < -0.4 is 19.7 Å². The smallest absolute Gasteiger partial charge is 0.416 e. The van der Waals surface area contributed by atoms with Gasteiger partial charge in [0.15, 0.2) is 10.7 Å². The van der Waals surface area contributed by atoms with E-state index in [0.29, 0.717) is 23.5 Å². The van der Waals surface area contributed by atoms with Crippen LogP contribution in [-0.2, 0) is 11.7 Å². The minimum absolute atomic E-state index is 0.00608. The molecule has 0 fully saturated rings. The summed E-state index contributed by atoms with van der Waals surface area (Å²) < 4.78 is 50.7. The van der Waals surface area contributed by atoms with Crippen molar-refractivity contribution in [2.24, 2.45) is 0 Å². The monoisotopic (exact) mass is 505 g/mol. The van der Waals surface area contributed by atoms with Crippen molar-refractivity contribution in [3.05, 3.63) is 53.2 Å². The molecule has 0 saturated heterocycles. The van der Waals surface area contributed by atoms with Crippen molar-refractivity contribution in [2.45, 2.75) is 25.6 Å². The van der Waals surface area contributed by atoms with Crippen LogP contribution in [0.1, 0.15) is 34.6 Å². The van der Waals surface area contributed by atoms with Gasteiger partial charge in [-0.3, -0.25) is 10.1 Å². The van der Waals surface area contributed by atoms with Crippen molar-refractivity contribution < 1.29 is 27.4 Å². The third-order valence-electron chi connectivity index (χ3n) is 5.65. The number of anilines is 2. The maximum atomic E-state index is 13.5. The number of amides is 1. The Kier molecular flexibility index (Phi) is 6.18. The normalized spacial score (nSPS) is 14.1. The quantitative estimate of drug-likeness (QED) is 0.465. The number of alkyl halides is 3. The number of rotatable bonds is 6. The van der Waals surface area contributed by atoms with Gasteiger partial charge in [0.05, 0.1) is 35.9 Å². The molecule has 0 radical (unpaired) electrons. The van der Waals surface area contributed by atoms with Crippen LogP contribution in [0.25, 0.3) is 11.3 Å². The van der Waals surface area contributed by atoms with Gasteiger partial charge in [0.2, 0.25) is 11.8 Å². The van der Waals surface area contributed by atoms with Crippen molar-refractivity contribution in [2.75, 3.05) is 31.0 Å². The molecule has 4 rings (SSSR count). The number of ether oxygens (including phenoxy) is 2. The largest absolute Gasteiger partial charge is 0.480 e. The number of aromatic nitrogens is 3. The highest BCUT2D eigenvalue weighted by molar-refractivity contribution is 7.16. The number of methoxy groups -OCH3 is 2. The molecule has 0 saturated carbocycles. The van der Waals surface area contributed by atoms with E-state index in [0.717, 1.165) is 17.0 Å². The van der Waals surface area contributed by atoms with Crippen LogP contribution in [0.5, 0.6) is 11.8 Å². The number of nitrogens with zero attached hydrogens (tertiary/aromatic N) is 4. The Bertz CT molecular complexity index is 1280. The number of nitrogens with one attached hydrogen (secondary N) is 1. The highest BCUT2D eigenvalue weighted by atomic mass is 32.1. The van der Waals surface area contributed by atoms with Gasteiger partial charge in [-0.15, -0.1) is 6.58 Å². The number of thiazole rings is 1. The molecular weight excluding hydrogens is 483 g/mol. The van der Waals surface area contributed by atoms with Gasteiger partial charge in [0.25, 0.3) is 5.91 Å². The number of carbonyl (C=O) groups is 1. The van der Waals surface area contributed by atoms with E-state index in [4.69, 9.17) is 9.47 Å². The number of fused-ring (bicyclic) bond motifs is 3. The van der Waals surface area contributed by atoms with Gasteiger partial charge in [0.1, 0.15) is 6.33 Å². The van der Waals surface area contributed by atoms with Crippen molar-refractivity contribution in [1.29, 1.82) is 0 Å². The maximum absolute atomic E-state index is 13.5. The summed E-state index contributed by atoms with van der Waals surface area (Å²) in [6, 6.07) is 3.56. The number of hydrogen-bond donors (Lipinski definition) is 1. The van der Waals surface area contributed by atoms with Crippen molar-refractivity contribution >= 4 is 28.1 Å². The molecule has 2 aromatic heterocycles. The lowest BCUT2D eigenvalue weighted by molar-refractivity contribution is -0.137. The Hall–Kier alpha value is -3.67. The second-order valence-corrected chi connectivity index (χ2v) is 9.11. The molecule has 1 aliphatic heterocycles. The number of halogens is 3. The molecule has 0 atom stereocenters. The van der Waals surface area contributed by atoms with Crippen LogP contribution >= 0.6 is 11.3 Å². The van der Waals surface area contributed by atoms with Crippen LogP contribution in [0.3, 0.4) is 0 Å². The molecule has 3 aromatic rings. The van der Waals surface area contributed by atoms with Gasteiger partial charge in [-0.2, -0.15) is 13.2 Å². The van der Waals surface area contributed by atoms with Crippen molar-refractivity contribution in [1.82, 2.24) is 15.0 Å². The molecule has 0 bridgehead atoms. The van der Waals surface area contributed by atoms with E-state index in [1.54, 1.807) is 6.08 Å². The van der Waals surface area contributed by atoms with E-state index in [1.165, 1.54) is 38.0 Å². The number of benzene rings is 1. The summed E-state index contributed by atoms with van der Waals surface area (Å²) >= 11 is 1.23. The third kappa shape index (κ3) is 4.18. The van der Waals surface area contributed by atoms with E-state index in [2.05, 4.69) is 26.8 Å². The number of carbonyl (C=O) groups excluding carboxylic acids is 1. The molecule has 0 aliphatic carbocycles. The fourth-order valence-electron chi connectivity index (χ4n) is 4.00. The fourth-order valence-corrected chi connectivity index (χ4v) is 5.09. The summed E-state index contributed by atoms with van der Waals surface area (Å²) in [6.07, 6.45) is -1.65. The van der Waals surface area contributed by atoms with Gasteiger partial charge in [-0.25, -0.2) is 15.0 Å². The van der Waals surface area contributed by atoms with Crippen LogP contribution in [0.4, 0.5) is 24.0 Å². The predicted molar refractivity (Wildman–Crippen MR) is 126 cm³/mol. The lowest BCUT2D eigenvalue weighted by Crippen LogP contribution is -2.44. The summed E-state index contributed by atoms with van der Waals surface area (Å²) in [5.74, 6) is -0.546. The summed E-state index contributed by atoms with van der Waals surface area (Å²) in [4.78, 5) is 28.2. The Labute approximate surface area is 203 Å². The Morgan fingerprint density at radius 2 is 1.89 bits per heavy atom. The Morgan fingerprint density at radius 3 is 2.46 bits per heavy atom. The first kappa shape index (κ1) is 24.5. The molecule has 12 heteroatoms. The van der Waals surface area contributed by atoms with Crippen LogP contribution in [0.15, 0.2) is 37.2 Å². The second-order valence-electron chi connectivity index (χ2n) is 8.11. The van der Waals surface area contributed by atoms with Crippen LogP contribution in [0.2, 0.25) is 0 Å². The van der Waals surface area contributed by atoms with E-state index in [-0.39, 0.29) is 22.5 Å². The maximum Gasteiger partial charge on any atom is 0.416 e. The van der Waals surface area contributed by atoms with Gasteiger partial charge in [0, 0.05) is 17.8 Å². The lowest BCUT2D eigenvalue weighted by Gasteiger charge is -2.44. The second kappa shape index (κ2) is 8.84. The summed E-state index contributed by atoms with van der Waals surface area (Å²) in [5.41, 5.74) is -0.0657. The summed E-state index contributed by atoms with van der Waals surface area (Å²) in [6.45, 7) is 7.85. The molecule has 8 nitrogen and oxygen atoms in total. The van der Waals surface area contributed by atoms with E-state index >= 15 is 0 Å². The first-order chi connectivity index (χ1) is 16.5. The highest BCUT2D eigenvalue weighted by Crippen LogP contribution is 2.51. The summed E-state index contributed by atoms with van der Waals surface area (Å²) in [5, 5.41) is 2.98. The average Bonchev–Trinajstić information content (AvgIpc) is 3.25. The topological polar surface area (TPSA) is 89.5 Å². The van der Waals surface area contributed by atoms with Crippen LogP contribution in [-0.4, -0.2) is 41.6 Å². The highest BCUT2D eigenvalue weighted by Gasteiger charge is 2.42. The van der Waals surface area contributed by atoms with Crippen LogP contribution in [0, 0.1) is 0 Å². The average molecular weight is 506 g/mol. The Morgan fingerprint density at radius 1 is 1.23 bits per heavy atom. The van der Waals surface area contributed by atoms with Gasteiger partial charge < -0.3 is 14.4 Å². The number of hydrogen-bond acceptors (Lipinski definition) is 8. The SMILES string of the molecule is C=CCN1c2cc(C(F)(F)F)ccc2-c2nc(NC(=O)c3c(OC)ncnc3OC)sc2C1(C)C. The zero-order chi connectivity index (χ0) is 25.5. The van der Waals surface area contributed by atoms with E-state index in [1.807, 2.05) is 18.7 Å². The summed E-state index contributed by atoms with van der Waals surface area (Å²) in [7, 11) is 2.73. The van der Waals surface area contributed by atoms with Gasteiger partial charge in [-0.1, -0.05) is 23.5 Å². The molecule has 3 heterocycles. The lowest BCUT2D eigenvalue weighted by atomic mass is 9.88. The third-order valence-corrected chi connectivity index (χ3v) is 6.94. The van der Waals surface area contributed by atoms with Gasteiger partial charge in [-0.05, 0) is 26.0 Å². The molecular formula is C23H22F3N5O3S. The zero-order valence-corrected chi connectivity index (χ0v) is 20.2. The molecule has 0 unspecified atom stereocenters. The molecule has 1 aromatic carbocycles. The first-order valence-corrected chi connectivity index (χ1v) is 11.2. The molecule has 0 spiro atoms. The Balaban J connectivity index is 1.80. The standard InChI is InChI=1S/C23H22F3N5O3S/c1-6-9-31-14-10-12(23(24,25)26)7-8-13(14)16-17(22(31,2)3)35-21(29-16)30-18(32)15-19(33-4)27-11-28-20(15)34-5/h6-8,10-11H,1,9H2,2-5H3,(H,29,30,32). The first-order valence-electron chi connectivity index (χ1n) is 10.4. The molecule has 1 aliphatic rings. The zero-order valence-electron chi connectivity index (χ0n) is 19.4. The van der Waals surface area contributed by atoms with Gasteiger partial charge >= 0.3 is 6.18 Å². The van der Waals surface area contributed by atoms with E-state index < -0.39 is 23.2 Å².